The number of nitrogens with zero attached hydrogens (tertiary/aromatic N) is 1. The summed E-state index contributed by atoms with van der Waals surface area (Å²) in [4.78, 5) is 5.66. The van der Waals surface area contributed by atoms with Crippen molar-refractivity contribution in [2.24, 2.45) is 11.8 Å². The highest BCUT2D eigenvalue weighted by Gasteiger charge is 2.27. The monoisotopic (exact) mass is 280 g/mol. The Morgan fingerprint density at radius 1 is 1.42 bits per heavy atom. The first-order chi connectivity index (χ1) is 9.33. The van der Waals surface area contributed by atoms with E-state index >= 15 is 0 Å². The Balaban J connectivity index is 1.95. The van der Waals surface area contributed by atoms with E-state index in [1.54, 1.807) is 11.3 Å². The summed E-state index contributed by atoms with van der Waals surface area (Å²) in [5, 5.41) is 3.80. The van der Waals surface area contributed by atoms with Crippen molar-refractivity contribution in [2.45, 2.75) is 64.8 Å². The van der Waals surface area contributed by atoms with Gasteiger partial charge in [0.25, 0.3) is 0 Å². The lowest BCUT2D eigenvalue weighted by Gasteiger charge is -2.34. The van der Waals surface area contributed by atoms with Crippen LogP contribution in [0.1, 0.15) is 57.2 Å². The van der Waals surface area contributed by atoms with Crippen LogP contribution in [-0.4, -0.2) is 17.6 Å². The summed E-state index contributed by atoms with van der Waals surface area (Å²) < 4.78 is 0. The van der Waals surface area contributed by atoms with E-state index < -0.39 is 0 Å². The highest BCUT2D eigenvalue weighted by Crippen LogP contribution is 2.34. The SMILES string of the molecule is CCCNC(Cc1cncs1)C1CCCC(CC)C1. The molecule has 3 unspecified atom stereocenters. The van der Waals surface area contributed by atoms with E-state index in [0.29, 0.717) is 6.04 Å². The molecule has 1 aliphatic carbocycles. The minimum atomic E-state index is 0.662. The molecule has 1 aromatic heterocycles. The molecule has 2 rings (SSSR count). The molecule has 2 nitrogen and oxygen atoms in total. The molecule has 1 aromatic rings. The van der Waals surface area contributed by atoms with Gasteiger partial charge in [-0.05, 0) is 44.1 Å². The van der Waals surface area contributed by atoms with Gasteiger partial charge in [-0.3, -0.25) is 4.98 Å². The summed E-state index contributed by atoms with van der Waals surface area (Å²) in [7, 11) is 0. The third kappa shape index (κ3) is 4.57. The van der Waals surface area contributed by atoms with Crippen LogP contribution in [-0.2, 0) is 6.42 Å². The maximum Gasteiger partial charge on any atom is 0.0794 e. The van der Waals surface area contributed by atoms with Crippen LogP contribution >= 0.6 is 11.3 Å². The largest absolute Gasteiger partial charge is 0.313 e. The minimum Gasteiger partial charge on any atom is -0.313 e. The molecule has 1 heterocycles. The summed E-state index contributed by atoms with van der Waals surface area (Å²) >= 11 is 1.80. The molecule has 0 bridgehead atoms. The molecule has 108 valence electrons. The number of thiazole rings is 1. The van der Waals surface area contributed by atoms with Crippen molar-refractivity contribution in [1.29, 1.82) is 0 Å². The van der Waals surface area contributed by atoms with Gasteiger partial charge in [0.05, 0.1) is 5.51 Å². The average molecular weight is 280 g/mol. The van der Waals surface area contributed by atoms with Crippen LogP contribution in [0.4, 0.5) is 0 Å². The number of hydrogen-bond acceptors (Lipinski definition) is 3. The van der Waals surface area contributed by atoms with Gasteiger partial charge in [-0.1, -0.05) is 33.1 Å². The van der Waals surface area contributed by atoms with Crippen molar-refractivity contribution in [3.63, 3.8) is 0 Å². The van der Waals surface area contributed by atoms with Gasteiger partial charge in [-0.2, -0.15) is 0 Å². The molecule has 0 saturated heterocycles. The van der Waals surface area contributed by atoms with Crippen molar-refractivity contribution in [3.8, 4) is 0 Å². The van der Waals surface area contributed by atoms with Crippen LogP contribution in [0.5, 0.6) is 0 Å². The molecule has 0 spiro atoms. The van der Waals surface area contributed by atoms with Crippen molar-refractivity contribution in [1.82, 2.24) is 10.3 Å². The third-order valence-electron chi connectivity index (χ3n) is 4.53. The van der Waals surface area contributed by atoms with Crippen LogP contribution in [0.2, 0.25) is 0 Å². The van der Waals surface area contributed by atoms with Gasteiger partial charge in [0, 0.05) is 17.1 Å². The molecule has 0 radical (unpaired) electrons. The van der Waals surface area contributed by atoms with E-state index in [1.807, 2.05) is 11.7 Å². The van der Waals surface area contributed by atoms with Crippen LogP contribution in [0.15, 0.2) is 11.7 Å². The second-order valence-electron chi connectivity index (χ2n) is 5.93. The zero-order valence-electron chi connectivity index (χ0n) is 12.4. The standard InChI is InChI=1S/C16H28N2S/c1-3-8-18-16(10-15-11-17-12-19-15)14-7-5-6-13(4-2)9-14/h11-14,16,18H,3-10H2,1-2H3. The maximum atomic E-state index is 4.22. The first kappa shape index (κ1) is 15.0. The van der Waals surface area contributed by atoms with E-state index in [0.717, 1.165) is 18.4 Å². The molecule has 19 heavy (non-hydrogen) atoms. The Hall–Kier alpha value is -0.410. The number of hydrogen-bond donors (Lipinski definition) is 1. The molecule has 1 fully saturated rings. The molecule has 1 aliphatic rings. The fourth-order valence-corrected chi connectivity index (χ4v) is 4.02. The van der Waals surface area contributed by atoms with Gasteiger partial charge < -0.3 is 5.32 Å². The Morgan fingerprint density at radius 2 is 2.32 bits per heavy atom. The van der Waals surface area contributed by atoms with Gasteiger partial charge in [-0.25, -0.2) is 0 Å². The number of nitrogens with one attached hydrogen (secondary N) is 1. The third-order valence-corrected chi connectivity index (χ3v) is 5.33. The van der Waals surface area contributed by atoms with E-state index in [4.69, 9.17) is 0 Å². The average Bonchev–Trinajstić information content (AvgIpc) is 2.96. The van der Waals surface area contributed by atoms with E-state index in [1.165, 1.54) is 49.8 Å². The van der Waals surface area contributed by atoms with E-state index in [-0.39, 0.29) is 0 Å². The van der Waals surface area contributed by atoms with Crippen LogP contribution in [0.3, 0.4) is 0 Å². The van der Waals surface area contributed by atoms with Crippen molar-refractivity contribution >= 4 is 11.3 Å². The highest BCUT2D eigenvalue weighted by atomic mass is 32.1. The quantitative estimate of drug-likeness (QED) is 0.807. The number of aromatic nitrogens is 1. The van der Waals surface area contributed by atoms with Gasteiger partial charge in [0.15, 0.2) is 0 Å². The number of rotatable bonds is 7. The minimum absolute atomic E-state index is 0.662. The van der Waals surface area contributed by atoms with Crippen molar-refractivity contribution in [3.05, 3.63) is 16.6 Å². The lowest BCUT2D eigenvalue weighted by atomic mass is 9.76. The van der Waals surface area contributed by atoms with Crippen LogP contribution in [0.25, 0.3) is 0 Å². The lowest BCUT2D eigenvalue weighted by Crippen LogP contribution is -2.40. The van der Waals surface area contributed by atoms with Gasteiger partial charge in [0.2, 0.25) is 0 Å². The summed E-state index contributed by atoms with van der Waals surface area (Å²) in [5.74, 6) is 1.83. The van der Waals surface area contributed by atoms with E-state index in [2.05, 4.69) is 24.1 Å². The summed E-state index contributed by atoms with van der Waals surface area (Å²) in [6.07, 6.45) is 11.5. The fourth-order valence-electron chi connectivity index (χ4n) is 3.36. The Labute approximate surface area is 122 Å². The van der Waals surface area contributed by atoms with E-state index in [9.17, 15) is 0 Å². The van der Waals surface area contributed by atoms with Crippen LogP contribution in [0, 0.1) is 11.8 Å². The smallest absolute Gasteiger partial charge is 0.0794 e. The maximum absolute atomic E-state index is 4.22. The molecule has 3 atom stereocenters. The van der Waals surface area contributed by atoms with Gasteiger partial charge in [-0.15, -0.1) is 11.3 Å². The Morgan fingerprint density at radius 3 is 3.00 bits per heavy atom. The summed E-state index contributed by atoms with van der Waals surface area (Å²) in [6, 6.07) is 0.662. The molecule has 1 N–H and O–H groups in total. The molecule has 0 aromatic carbocycles. The molecule has 1 saturated carbocycles. The Kier molecular flexibility index (Phi) is 6.32. The van der Waals surface area contributed by atoms with Crippen LogP contribution < -0.4 is 5.32 Å². The predicted molar refractivity (Wildman–Crippen MR) is 83.6 cm³/mol. The second-order valence-corrected chi connectivity index (χ2v) is 6.90. The Bertz CT molecular complexity index is 337. The first-order valence-corrected chi connectivity index (χ1v) is 8.82. The zero-order valence-corrected chi connectivity index (χ0v) is 13.2. The summed E-state index contributed by atoms with van der Waals surface area (Å²) in [5.41, 5.74) is 1.96. The van der Waals surface area contributed by atoms with Crippen molar-refractivity contribution in [2.75, 3.05) is 6.54 Å². The first-order valence-electron chi connectivity index (χ1n) is 7.94. The van der Waals surface area contributed by atoms with Gasteiger partial charge in [0.1, 0.15) is 0 Å². The molecular formula is C16H28N2S. The molecule has 0 amide bonds. The van der Waals surface area contributed by atoms with Crippen molar-refractivity contribution < 1.29 is 0 Å². The fraction of sp³-hybridized carbons (Fsp3) is 0.812. The molecule has 0 aliphatic heterocycles. The van der Waals surface area contributed by atoms with Gasteiger partial charge >= 0.3 is 0 Å². The molecular weight excluding hydrogens is 252 g/mol. The zero-order chi connectivity index (χ0) is 13.5. The molecule has 3 heteroatoms. The predicted octanol–water partition coefficient (Wildman–Crippen LogP) is 4.27. The summed E-state index contributed by atoms with van der Waals surface area (Å²) in [6.45, 7) is 5.76. The second kappa shape index (κ2) is 8.01. The highest BCUT2D eigenvalue weighted by molar-refractivity contribution is 7.09. The normalized spacial score (nSPS) is 25.4. The topological polar surface area (TPSA) is 24.9 Å². The lowest BCUT2D eigenvalue weighted by molar-refractivity contribution is 0.208.